The third kappa shape index (κ3) is 6.41. The van der Waals surface area contributed by atoms with E-state index in [0.717, 1.165) is 0 Å². The summed E-state index contributed by atoms with van der Waals surface area (Å²) >= 11 is 0. The average molecular weight is 269 g/mol. The van der Waals surface area contributed by atoms with Crippen LogP contribution in [0.3, 0.4) is 0 Å². The number of hydrogen-bond donors (Lipinski definition) is 3. The standard InChI is InChI=1S/C12H19N3O4/c1-7(2)10(14-8(3)16)11(17)15-9(12(18)19)5-4-6-13/h7,9-10H,4-5H2,1-3H3,(H,14,16)(H,15,17)(H,18,19)/t9-,10+/m0/s1. The molecule has 0 aliphatic heterocycles. The molecule has 7 heteroatoms. The van der Waals surface area contributed by atoms with Crippen LogP contribution in [-0.2, 0) is 14.4 Å². The molecule has 0 aromatic carbocycles. The van der Waals surface area contributed by atoms with E-state index in [9.17, 15) is 14.4 Å². The number of carbonyl (C=O) groups is 3. The van der Waals surface area contributed by atoms with Gasteiger partial charge in [-0.1, -0.05) is 13.8 Å². The summed E-state index contributed by atoms with van der Waals surface area (Å²) in [5, 5.41) is 22.2. The van der Waals surface area contributed by atoms with Gasteiger partial charge in [0.2, 0.25) is 11.8 Å². The lowest BCUT2D eigenvalue weighted by Gasteiger charge is -2.23. The van der Waals surface area contributed by atoms with Crippen molar-refractivity contribution in [3.63, 3.8) is 0 Å². The Morgan fingerprint density at radius 2 is 1.84 bits per heavy atom. The molecule has 0 spiro atoms. The van der Waals surface area contributed by atoms with Gasteiger partial charge in [0.25, 0.3) is 0 Å². The van der Waals surface area contributed by atoms with Crippen molar-refractivity contribution in [2.24, 2.45) is 5.92 Å². The molecule has 0 aromatic heterocycles. The zero-order valence-electron chi connectivity index (χ0n) is 11.3. The van der Waals surface area contributed by atoms with Gasteiger partial charge in [0.1, 0.15) is 12.1 Å². The molecule has 0 saturated carbocycles. The summed E-state index contributed by atoms with van der Waals surface area (Å²) < 4.78 is 0. The minimum Gasteiger partial charge on any atom is -0.480 e. The van der Waals surface area contributed by atoms with Crippen LogP contribution in [0, 0.1) is 17.2 Å². The Hall–Kier alpha value is -2.10. The second-order valence-electron chi connectivity index (χ2n) is 4.52. The topological polar surface area (TPSA) is 119 Å². The molecule has 0 fully saturated rings. The number of aliphatic carboxylic acids is 1. The normalized spacial score (nSPS) is 13.2. The Bertz CT molecular complexity index is 387. The fourth-order valence-corrected chi connectivity index (χ4v) is 1.48. The molecule has 19 heavy (non-hydrogen) atoms. The highest BCUT2D eigenvalue weighted by atomic mass is 16.4. The van der Waals surface area contributed by atoms with Crippen LogP contribution in [0.25, 0.3) is 0 Å². The monoisotopic (exact) mass is 269 g/mol. The molecule has 0 aromatic rings. The van der Waals surface area contributed by atoms with Crippen molar-refractivity contribution in [2.75, 3.05) is 0 Å². The van der Waals surface area contributed by atoms with E-state index in [1.165, 1.54) is 6.92 Å². The SMILES string of the molecule is CC(=O)N[C@@H](C(=O)N[C@@H](CCC#N)C(=O)O)C(C)C. The van der Waals surface area contributed by atoms with Crippen molar-refractivity contribution in [1.82, 2.24) is 10.6 Å². The van der Waals surface area contributed by atoms with Crippen LogP contribution in [0.2, 0.25) is 0 Å². The Morgan fingerprint density at radius 3 is 2.21 bits per heavy atom. The molecular weight excluding hydrogens is 250 g/mol. The lowest BCUT2D eigenvalue weighted by Crippen LogP contribution is -2.53. The van der Waals surface area contributed by atoms with E-state index in [0.29, 0.717) is 0 Å². The number of carboxylic acid groups (broad SMARTS) is 1. The molecule has 7 nitrogen and oxygen atoms in total. The van der Waals surface area contributed by atoms with Crippen LogP contribution in [0.5, 0.6) is 0 Å². The molecular formula is C12H19N3O4. The van der Waals surface area contributed by atoms with Crippen molar-refractivity contribution in [3.05, 3.63) is 0 Å². The molecule has 0 radical (unpaired) electrons. The van der Waals surface area contributed by atoms with Gasteiger partial charge < -0.3 is 15.7 Å². The lowest BCUT2D eigenvalue weighted by molar-refractivity contribution is -0.142. The maximum absolute atomic E-state index is 11.9. The zero-order valence-corrected chi connectivity index (χ0v) is 11.3. The first-order valence-electron chi connectivity index (χ1n) is 5.96. The van der Waals surface area contributed by atoms with Gasteiger partial charge in [-0.15, -0.1) is 0 Å². The van der Waals surface area contributed by atoms with Gasteiger partial charge in [-0.2, -0.15) is 5.26 Å². The fourth-order valence-electron chi connectivity index (χ4n) is 1.48. The first kappa shape index (κ1) is 16.9. The Labute approximate surface area is 112 Å². The second-order valence-corrected chi connectivity index (χ2v) is 4.52. The smallest absolute Gasteiger partial charge is 0.326 e. The molecule has 0 unspecified atom stereocenters. The molecule has 0 bridgehead atoms. The van der Waals surface area contributed by atoms with Crippen LogP contribution in [0.1, 0.15) is 33.6 Å². The number of amides is 2. The number of hydrogen-bond acceptors (Lipinski definition) is 4. The predicted molar refractivity (Wildman–Crippen MR) is 66.9 cm³/mol. The van der Waals surface area contributed by atoms with Crippen molar-refractivity contribution in [3.8, 4) is 6.07 Å². The van der Waals surface area contributed by atoms with Crippen LogP contribution < -0.4 is 10.6 Å². The molecule has 0 heterocycles. The molecule has 0 saturated heterocycles. The molecule has 2 amide bonds. The molecule has 0 rings (SSSR count). The van der Waals surface area contributed by atoms with Gasteiger partial charge in [-0.25, -0.2) is 4.79 Å². The molecule has 0 aliphatic rings. The minimum absolute atomic E-state index is 0.0302. The highest BCUT2D eigenvalue weighted by Crippen LogP contribution is 2.04. The molecule has 0 aliphatic carbocycles. The summed E-state index contributed by atoms with van der Waals surface area (Å²) in [5.41, 5.74) is 0. The first-order valence-corrected chi connectivity index (χ1v) is 5.96. The number of rotatable bonds is 7. The largest absolute Gasteiger partial charge is 0.480 e. The third-order valence-corrected chi connectivity index (χ3v) is 2.47. The number of carbonyl (C=O) groups excluding carboxylic acids is 2. The lowest BCUT2D eigenvalue weighted by atomic mass is 10.0. The first-order chi connectivity index (χ1) is 8.79. The summed E-state index contributed by atoms with van der Waals surface area (Å²) in [4.78, 5) is 33.9. The maximum Gasteiger partial charge on any atom is 0.326 e. The van der Waals surface area contributed by atoms with E-state index >= 15 is 0 Å². The number of nitriles is 1. The van der Waals surface area contributed by atoms with E-state index in [1.807, 2.05) is 6.07 Å². The zero-order chi connectivity index (χ0) is 15.0. The van der Waals surface area contributed by atoms with E-state index < -0.39 is 24.0 Å². The van der Waals surface area contributed by atoms with Crippen LogP contribution in [0.15, 0.2) is 0 Å². The Balaban J connectivity index is 4.71. The molecule has 106 valence electrons. The second kappa shape index (κ2) is 8.08. The summed E-state index contributed by atoms with van der Waals surface area (Å²) in [5.74, 6) is -2.29. The molecule has 3 N–H and O–H groups in total. The van der Waals surface area contributed by atoms with Gasteiger partial charge in [0, 0.05) is 13.3 Å². The molecule has 2 atom stereocenters. The summed E-state index contributed by atoms with van der Waals surface area (Å²) in [6.07, 6.45) is 0.0617. The average Bonchev–Trinajstić information content (AvgIpc) is 2.30. The summed E-state index contributed by atoms with van der Waals surface area (Å²) in [6.45, 7) is 4.77. The highest BCUT2D eigenvalue weighted by molar-refractivity contribution is 5.90. The summed E-state index contributed by atoms with van der Waals surface area (Å²) in [7, 11) is 0. The predicted octanol–water partition coefficient (Wildman–Crippen LogP) is 0.0203. The van der Waals surface area contributed by atoms with E-state index in [-0.39, 0.29) is 24.7 Å². The number of nitrogens with zero attached hydrogens (tertiary/aromatic N) is 1. The van der Waals surface area contributed by atoms with E-state index in [2.05, 4.69) is 10.6 Å². The number of carboxylic acids is 1. The fraction of sp³-hybridized carbons (Fsp3) is 0.667. The quantitative estimate of drug-likeness (QED) is 0.602. The van der Waals surface area contributed by atoms with E-state index in [4.69, 9.17) is 10.4 Å². The van der Waals surface area contributed by atoms with Gasteiger partial charge >= 0.3 is 5.97 Å². The number of nitrogens with one attached hydrogen (secondary N) is 2. The highest BCUT2D eigenvalue weighted by Gasteiger charge is 2.27. The van der Waals surface area contributed by atoms with Gasteiger partial charge in [-0.3, -0.25) is 9.59 Å². The van der Waals surface area contributed by atoms with Crippen molar-refractivity contribution < 1.29 is 19.5 Å². The van der Waals surface area contributed by atoms with Crippen LogP contribution in [0.4, 0.5) is 0 Å². The maximum atomic E-state index is 11.9. The van der Waals surface area contributed by atoms with Gasteiger partial charge in [-0.05, 0) is 12.3 Å². The Morgan fingerprint density at radius 1 is 1.26 bits per heavy atom. The third-order valence-electron chi connectivity index (χ3n) is 2.47. The summed E-state index contributed by atoms with van der Waals surface area (Å²) in [6, 6.07) is -0.0872. The minimum atomic E-state index is -1.20. The van der Waals surface area contributed by atoms with Crippen molar-refractivity contribution in [2.45, 2.75) is 45.7 Å². The van der Waals surface area contributed by atoms with Crippen LogP contribution in [-0.4, -0.2) is 35.0 Å². The van der Waals surface area contributed by atoms with Crippen molar-refractivity contribution in [1.29, 1.82) is 5.26 Å². The Kier molecular flexibility index (Phi) is 7.19. The van der Waals surface area contributed by atoms with Crippen LogP contribution >= 0.6 is 0 Å². The van der Waals surface area contributed by atoms with Gasteiger partial charge in [0.15, 0.2) is 0 Å². The van der Waals surface area contributed by atoms with Crippen molar-refractivity contribution >= 4 is 17.8 Å². The van der Waals surface area contributed by atoms with Gasteiger partial charge in [0.05, 0.1) is 6.07 Å². The van der Waals surface area contributed by atoms with E-state index in [1.54, 1.807) is 13.8 Å².